The number of nitrogens with zero attached hydrogens (tertiary/aromatic N) is 2. The lowest BCUT2D eigenvalue weighted by molar-refractivity contribution is -0.131. The number of amides is 2. The van der Waals surface area contributed by atoms with Gasteiger partial charge in [-0.3, -0.25) is 9.59 Å². The number of thiol groups is 1. The molecule has 29 heavy (non-hydrogen) atoms. The van der Waals surface area contributed by atoms with Crippen LogP contribution in [0, 0.1) is 0 Å². The van der Waals surface area contributed by atoms with Gasteiger partial charge >= 0.3 is 0 Å². The third-order valence-corrected chi connectivity index (χ3v) is 5.60. The largest absolute Gasteiger partial charge is 0.492 e. The van der Waals surface area contributed by atoms with Crippen molar-refractivity contribution in [3.63, 3.8) is 0 Å². The van der Waals surface area contributed by atoms with Crippen LogP contribution in [0.15, 0.2) is 53.4 Å². The number of rotatable bonds is 6. The topological polar surface area (TPSA) is 49.9 Å². The molecule has 0 aliphatic carbocycles. The number of hydrogen-bond acceptors (Lipinski definition) is 4. The zero-order chi connectivity index (χ0) is 20.6. The number of carbonyl (C=O) groups is 2. The van der Waals surface area contributed by atoms with Crippen LogP contribution in [0.4, 0.5) is 0 Å². The molecule has 0 atom stereocenters. The fraction of sp³-hybridized carbons (Fsp3) is 0.364. The van der Waals surface area contributed by atoms with Gasteiger partial charge in [-0.05, 0) is 37.1 Å². The molecular formula is C22H25ClN2O3S. The van der Waals surface area contributed by atoms with Crippen molar-refractivity contribution in [2.45, 2.75) is 24.2 Å². The van der Waals surface area contributed by atoms with Crippen molar-refractivity contribution >= 4 is 36.0 Å². The van der Waals surface area contributed by atoms with Crippen LogP contribution in [0.1, 0.15) is 29.6 Å². The van der Waals surface area contributed by atoms with Gasteiger partial charge < -0.3 is 14.5 Å². The van der Waals surface area contributed by atoms with Gasteiger partial charge in [0.1, 0.15) is 5.75 Å². The Balaban J connectivity index is 1.45. The van der Waals surface area contributed by atoms with E-state index in [9.17, 15) is 9.59 Å². The number of halogens is 1. The minimum absolute atomic E-state index is 0.0296. The van der Waals surface area contributed by atoms with Crippen molar-refractivity contribution in [1.29, 1.82) is 0 Å². The predicted octanol–water partition coefficient (Wildman–Crippen LogP) is 4.16. The van der Waals surface area contributed by atoms with Gasteiger partial charge in [-0.1, -0.05) is 35.9 Å². The van der Waals surface area contributed by atoms with Crippen LogP contribution in [0.2, 0.25) is 5.02 Å². The van der Waals surface area contributed by atoms with Crippen LogP contribution < -0.4 is 4.74 Å². The highest BCUT2D eigenvalue weighted by Crippen LogP contribution is 2.23. The summed E-state index contributed by atoms with van der Waals surface area (Å²) >= 11 is 10.4. The number of hydrogen-bond donors (Lipinski definition) is 1. The summed E-state index contributed by atoms with van der Waals surface area (Å²) in [6.45, 7) is 2.82. The Morgan fingerprint density at radius 2 is 1.66 bits per heavy atom. The Morgan fingerprint density at radius 1 is 0.966 bits per heavy atom. The van der Waals surface area contributed by atoms with Crippen molar-refractivity contribution in [2.24, 2.45) is 0 Å². The lowest BCUT2D eigenvalue weighted by Gasteiger charge is -2.22. The number of carbonyl (C=O) groups excluding carboxylic acids is 2. The molecule has 7 heteroatoms. The first-order chi connectivity index (χ1) is 14.1. The standard InChI is InChI=1S/C22H25ClN2O3S/c23-18-8-2-3-9-19(18)28-16-5-11-21(26)24-12-6-13-25(15-14-24)22(27)17-7-1-4-10-20(17)29/h1-4,7-10,29H,5-6,11-16H2. The molecule has 0 saturated carbocycles. The van der Waals surface area contributed by atoms with E-state index in [1.165, 1.54) is 0 Å². The summed E-state index contributed by atoms with van der Waals surface area (Å²) in [6.07, 6.45) is 1.80. The summed E-state index contributed by atoms with van der Waals surface area (Å²) in [4.78, 5) is 29.7. The average Bonchev–Trinajstić information content (AvgIpc) is 2.98. The molecular weight excluding hydrogens is 408 g/mol. The first-order valence-electron chi connectivity index (χ1n) is 9.78. The van der Waals surface area contributed by atoms with Gasteiger partial charge in [-0.15, -0.1) is 12.6 Å². The molecule has 2 aromatic rings. The maximum absolute atomic E-state index is 12.8. The molecule has 1 fully saturated rings. The summed E-state index contributed by atoms with van der Waals surface area (Å²) in [6, 6.07) is 14.6. The summed E-state index contributed by atoms with van der Waals surface area (Å²) in [5, 5.41) is 0.568. The Morgan fingerprint density at radius 3 is 2.45 bits per heavy atom. The second-order valence-electron chi connectivity index (χ2n) is 6.93. The molecule has 2 aromatic carbocycles. The second kappa shape index (κ2) is 10.6. The van der Waals surface area contributed by atoms with Gasteiger partial charge in [-0.25, -0.2) is 0 Å². The number of para-hydroxylation sites is 1. The summed E-state index contributed by atoms with van der Waals surface area (Å²) in [5.74, 6) is 0.699. The van der Waals surface area contributed by atoms with Crippen LogP contribution in [-0.4, -0.2) is 54.4 Å². The molecule has 0 radical (unpaired) electrons. The SMILES string of the molecule is O=C(CCCOc1ccccc1Cl)N1CCCN(C(=O)c2ccccc2S)CC1. The Bertz CT molecular complexity index is 861. The highest BCUT2D eigenvalue weighted by Gasteiger charge is 2.23. The van der Waals surface area contributed by atoms with E-state index in [4.69, 9.17) is 16.3 Å². The fourth-order valence-electron chi connectivity index (χ4n) is 3.32. The van der Waals surface area contributed by atoms with E-state index in [1.807, 2.05) is 46.2 Å². The molecule has 1 aliphatic heterocycles. The summed E-state index contributed by atoms with van der Waals surface area (Å²) < 4.78 is 5.65. The maximum atomic E-state index is 12.8. The molecule has 2 amide bonds. The van der Waals surface area contributed by atoms with Crippen LogP contribution in [0.25, 0.3) is 0 Å². The molecule has 0 spiro atoms. The minimum Gasteiger partial charge on any atom is -0.492 e. The molecule has 0 unspecified atom stereocenters. The van der Waals surface area contributed by atoms with Crippen LogP contribution >= 0.6 is 24.2 Å². The predicted molar refractivity (Wildman–Crippen MR) is 117 cm³/mol. The molecule has 0 bridgehead atoms. The summed E-state index contributed by atoms with van der Waals surface area (Å²) in [5.41, 5.74) is 0.604. The highest BCUT2D eigenvalue weighted by atomic mass is 35.5. The number of benzene rings is 2. The zero-order valence-corrected chi connectivity index (χ0v) is 17.9. The van der Waals surface area contributed by atoms with E-state index in [0.717, 1.165) is 6.42 Å². The van der Waals surface area contributed by atoms with E-state index in [1.54, 1.807) is 12.1 Å². The average molecular weight is 433 g/mol. The van der Waals surface area contributed by atoms with E-state index in [-0.39, 0.29) is 11.8 Å². The third kappa shape index (κ3) is 5.90. The van der Waals surface area contributed by atoms with Gasteiger partial charge in [-0.2, -0.15) is 0 Å². The van der Waals surface area contributed by atoms with Gasteiger partial charge in [0.2, 0.25) is 5.91 Å². The molecule has 0 N–H and O–H groups in total. The quantitative estimate of drug-likeness (QED) is 0.550. The molecule has 154 valence electrons. The molecule has 0 aromatic heterocycles. The fourth-order valence-corrected chi connectivity index (χ4v) is 3.77. The smallest absolute Gasteiger partial charge is 0.255 e. The minimum atomic E-state index is -0.0296. The Kier molecular flexibility index (Phi) is 7.83. The lowest BCUT2D eigenvalue weighted by atomic mass is 10.2. The van der Waals surface area contributed by atoms with Crippen molar-refractivity contribution in [3.05, 3.63) is 59.1 Å². The van der Waals surface area contributed by atoms with Crippen LogP contribution in [0.3, 0.4) is 0 Å². The van der Waals surface area contributed by atoms with Gasteiger partial charge in [0, 0.05) is 37.5 Å². The van der Waals surface area contributed by atoms with Crippen molar-refractivity contribution in [2.75, 3.05) is 32.8 Å². The highest BCUT2D eigenvalue weighted by molar-refractivity contribution is 7.80. The Hall–Kier alpha value is -2.18. The van der Waals surface area contributed by atoms with Gasteiger partial charge in [0.25, 0.3) is 5.91 Å². The van der Waals surface area contributed by atoms with E-state index in [0.29, 0.717) is 66.9 Å². The first kappa shape index (κ1) is 21.5. The van der Waals surface area contributed by atoms with Crippen molar-refractivity contribution in [3.8, 4) is 5.75 Å². The molecule has 1 aliphatic rings. The summed E-state index contributed by atoms with van der Waals surface area (Å²) in [7, 11) is 0. The molecule has 5 nitrogen and oxygen atoms in total. The van der Waals surface area contributed by atoms with Gasteiger partial charge in [0.15, 0.2) is 0 Å². The van der Waals surface area contributed by atoms with Crippen LogP contribution in [0.5, 0.6) is 5.75 Å². The zero-order valence-electron chi connectivity index (χ0n) is 16.2. The van der Waals surface area contributed by atoms with Crippen molar-refractivity contribution < 1.29 is 14.3 Å². The van der Waals surface area contributed by atoms with E-state index in [2.05, 4.69) is 12.6 Å². The lowest BCUT2D eigenvalue weighted by Crippen LogP contribution is -2.37. The third-order valence-electron chi connectivity index (χ3n) is 4.90. The Labute approximate surface area is 182 Å². The monoisotopic (exact) mass is 432 g/mol. The van der Waals surface area contributed by atoms with Crippen molar-refractivity contribution in [1.82, 2.24) is 9.80 Å². The molecule has 1 heterocycles. The van der Waals surface area contributed by atoms with Gasteiger partial charge in [0.05, 0.1) is 17.2 Å². The molecule has 3 rings (SSSR count). The van der Waals surface area contributed by atoms with Crippen LogP contribution in [-0.2, 0) is 4.79 Å². The van der Waals surface area contributed by atoms with E-state index >= 15 is 0 Å². The normalized spacial score (nSPS) is 14.4. The molecule has 1 saturated heterocycles. The van der Waals surface area contributed by atoms with E-state index < -0.39 is 0 Å². The number of ether oxygens (including phenoxy) is 1. The first-order valence-corrected chi connectivity index (χ1v) is 10.6. The second-order valence-corrected chi connectivity index (χ2v) is 7.82. The maximum Gasteiger partial charge on any atom is 0.255 e.